The van der Waals surface area contributed by atoms with E-state index in [4.69, 9.17) is 16.7 Å². The number of hydrogen-bond donors (Lipinski definition) is 2. The molecule has 36 heavy (non-hydrogen) atoms. The first kappa shape index (κ1) is 24.5. The number of rotatable bonds is 9. The van der Waals surface area contributed by atoms with Crippen molar-refractivity contribution in [1.82, 2.24) is 14.8 Å². The van der Waals surface area contributed by atoms with Gasteiger partial charge in [-0.25, -0.2) is 0 Å². The van der Waals surface area contributed by atoms with Crippen molar-refractivity contribution in [2.75, 3.05) is 62.6 Å². The van der Waals surface area contributed by atoms with Crippen LogP contribution in [0.15, 0.2) is 48.7 Å². The van der Waals surface area contributed by atoms with Gasteiger partial charge in [0, 0.05) is 73.8 Å². The number of aromatic nitrogens is 1. The zero-order valence-electron chi connectivity index (χ0n) is 20.1. The molecule has 0 aliphatic carbocycles. The molecule has 0 bridgehead atoms. The lowest BCUT2D eigenvalue weighted by molar-refractivity contribution is 0.0652. The summed E-state index contributed by atoms with van der Waals surface area (Å²) in [6.45, 7) is 5.37. The minimum atomic E-state index is -0.209. The van der Waals surface area contributed by atoms with Gasteiger partial charge < -0.3 is 15.3 Å². The molecule has 188 valence electrons. The monoisotopic (exact) mass is 507 g/mol. The highest BCUT2D eigenvalue weighted by atomic mass is 35.5. The van der Waals surface area contributed by atoms with Crippen LogP contribution in [0.3, 0.4) is 0 Å². The summed E-state index contributed by atoms with van der Waals surface area (Å²) in [7, 11) is 0. The number of anilines is 2. The number of fused-ring (bicyclic) bond motifs is 2. The SMILES string of the molecule is O=C1c2ccc(N3CCN(CCO)CC3)cc2C(=O)N1CCCCNc1ccnc2cc(Cl)ccc12. The van der Waals surface area contributed by atoms with E-state index in [2.05, 4.69) is 20.1 Å². The number of aliphatic hydroxyl groups is 1. The predicted molar refractivity (Wildman–Crippen MR) is 142 cm³/mol. The lowest BCUT2D eigenvalue weighted by Crippen LogP contribution is -2.47. The topological polar surface area (TPSA) is 89.0 Å². The lowest BCUT2D eigenvalue weighted by Gasteiger charge is -2.35. The summed E-state index contributed by atoms with van der Waals surface area (Å²) in [6, 6.07) is 13.2. The fraction of sp³-hybridized carbons (Fsp3) is 0.370. The number of carbonyl (C=O) groups excluding carboxylic acids is 2. The van der Waals surface area contributed by atoms with E-state index in [9.17, 15) is 9.59 Å². The minimum Gasteiger partial charge on any atom is -0.395 e. The maximum atomic E-state index is 13.1. The molecule has 3 heterocycles. The summed E-state index contributed by atoms with van der Waals surface area (Å²) in [6.07, 6.45) is 3.28. The number of benzene rings is 2. The van der Waals surface area contributed by atoms with E-state index in [1.807, 2.05) is 36.4 Å². The molecule has 1 saturated heterocycles. The molecule has 2 N–H and O–H groups in total. The number of pyridine rings is 1. The van der Waals surface area contributed by atoms with Crippen LogP contribution < -0.4 is 10.2 Å². The molecule has 1 aromatic heterocycles. The van der Waals surface area contributed by atoms with Crippen molar-refractivity contribution < 1.29 is 14.7 Å². The highest BCUT2D eigenvalue weighted by molar-refractivity contribution is 6.31. The molecule has 0 saturated carbocycles. The molecule has 0 unspecified atom stereocenters. The van der Waals surface area contributed by atoms with E-state index in [1.165, 1.54) is 4.90 Å². The predicted octanol–water partition coefficient (Wildman–Crippen LogP) is 3.49. The standard InChI is InChI=1S/C27H30ClN5O3/c28-19-3-5-22-24(7-9-30-25(22)17-19)29-8-1-2-10-33-26(35)21-6-4-20(18-23(21)27(33)36)32-13-11-31(12-14-32)15-16-34/h3-7,9,17-18,34H,1-2,8,10-16H2,(H,29,30). The second kappa shape index (κ2) is 10.8. The summed E-state index contributed by atoms with van der Waals surface area (Å²) in [4.78, 5) is 36.1. The van der Waals surface area contributed by atoms with Gasteiger partial charge in [-0.05, 0) is 55.3 Å². The number of aliphatic hydroxyl groups excluding tert-OH is 1. The van der Waals surface area contributed by atoms with Crippen molar-refractivity contribution in [3.05, 3.63) is 64.8 Å². The van der Waals surface area contributed by atoms with Crippen molar-refractivity contribution in [2.24, 2.45) is 0 Å². The van der Waals surface area contributed by atoms with Crippen LogP contribution in [-0.4, -0.2) is 84.1 Å². The summed E-state index contributed by atoms with van der Waals surface area (Å²) in [5, 5.41) is 14.2. The summed E-state index contributed by atoms with van der Waals surface area (Å²) >= 11 is 6.07. The Bertz CT molecular complexity index is 1280. The van der Waals surface area contributed by atoms with Gasteiger partial charge in [-0.2, -0.15) is 0 Å². The first-order valence-electron chi connectivity index (χ1n) is 12.4. The van der Waals surface area contributed by atoms with Crippen LogP contribution in [0.25, 0.3) is 10.9 Å². The largest absolute Gasteiger partial charge is 0.395 e. The Labute approximate surface area is 215 Å². The number of nitrogens with zero attached hydrogens (tertiary/aromatic N) is 4. The number of hydrogen-bond acceptors (Lipinski definition) is 7. The number of nitrogens with one attached hydrogen (secondary N) is 1. The first-order chi connectivity index (χ1) is 17.5. The van der Waals surface area contributed by atoms with Gasteiger partial charge in [-0.15, -0.1) is 0 Å². The normalized spacial score (nSPS) is 16.2. The number of carbonyl (C=O) groups is 2. The smallest absolute Gasteiger partial charge is 0.261 e. The highest BCUT2D eigenvalue weighted by Crippen LogP contribution is 2.29. The number of amides is 2. The fourth-order valence-electron chi connectivity index (χ4n) is 4.94. The van der Waals surface area contributed by atoms with Gasteiger partial charge >= 0.3 is 0 Å². The van der Waals surface area contributed by atoms with Crippen LogP contribution in [0.4, 0.5) is 11.4 Å². The van der Waals surface area contributed by atoms with Crippen LogP contribution in [0.2, 0.25) is 5.02 Å². The van der Waals surface area contributed by atoms with E-state index >= 15 is 0 Å². The number of halogens is 1. The zero-order chi connectivity index (χ0) is 25.1. The third-order valence-corrected chi connectivity index (χ3v) is 7.17. The van der Waals surface area contributed by atoms with Gasteiger partial charge in [0.05, 0.1) is 23.3 Å². The van der Waals surface area contributed by atoms with E-state index in [0.717, 1.165) is 61.4 Å². The zero-order valence-corrected chi connectivity index (χ0v) is 20.9. The number of β-amino-alcohol motifs (C(OH)–C–C–N with tert-alkyl or cyclic N) is 1. The van der Waals surface area contributed by atoms with Gasteiger partial charge in [0.15, 0.2) is 0 Å². The Morgan fingerprint density at radius 2 is 1.72 bits per heavy atom. The lowest BCUT2D eigenvalue weighted by atomic mass is 10.1. The number of imide groups is 1. The molecule has 2 aliphatic heterocycles. The second-order valence-electron chi connectivity index (χ2n) is 9.20. The van der Waals surface area contributed by atoms with Crippen molar-refractivity contribution in [3.63, 3.8) is 0 Å². The Balaban J connectivity index is 1.14. The Kier molecular flexibility index (Phi) is 7.36. The van der Waals surface area contributed by atoms with Crippen LogP contribution in [-0.2, 0) is 0 Å². The molecule has 0 spiro atoms. The van der Waals surface area contributed by atoms with E-state index in [1.54, 1.807) is 12.3 Å². The molecule has 0 radical (unpaired) electrons. The fourth-order valence-corrected chi connectivity index (χ4v) is 5.11. The average Bonchev–Trinajstić information content (AvgIpc) is 3.13. The second-order valence-corrected chi connectivity index (χ2v) is 9.63. The quantitative estimate of drug-likeness (QED) is 0.338. The Morgan fingerprint density at radius 1 is 0.917 bits per heavy atom. The molecular formula is C27H30ClN5O3. The molecule has 9 heteroatoms. The van der Waals surface area contributed by atoms with Gasteiger partial charge in [0.1, 0.15) is 0 Å². The molecule has 0 atom stereocenters. The third-order valence-electron chi connectivity index (χ3n) is 6.94. The maximum Gasteiger partial charge on any atom is 0.261 e. The molecule has 2 aliphatic rings. The molecule has 1 fully saturated rings. The molecule has 2 aromatic carbocycles. The van der Waals surface area contributed by atoms with Gasteiger partial charge in [-0.3, -0.25) is 24.4 Å². The molecule has 8 nitrogen and oxygen atoms in total. The van der Waals surface area contributed by atoms with Gasteiger partial charge in [0.25, 0.3) is 11.8 Å². The van der Waals surface area contributed by atoms with Gasteiger partial charge in [0.2, 0.25) is 0 Å². The van der Waals surface area contributed by atoms with E-state index < -0.39 is 0 Å². The van der Waals surface area contributed by atoms with Crippen LogP contribution in [0.1, 0.15) is 33.6 Å². The Hall–Kier alpha value is -3.20. The van der Waals surface area contributed by atoms with Crippen molar-refractivity contribution in [1.29, 1.82) is 0 Å². The number of piperazine rings is 1. The molecular weight excluding hydrogens is 478 g/mol. The minimum absolute atomic E-state index is 0.164. The van der Waals surface area contributed by atoms with Crippen LogP contribution >= 0.6 is 11.6 Å². The number of unbranched alkanes of at least 4 members (excludes halogenated alkanes) is 1. The first-order valence-corrected chi connectivity index (χ1v) is 12.8. The molecule has 5 rings (SSSR count). The van der Waals surface area contributed by atoms with Crippen LogP contribution in [0.5, 0.6) is 0 Å². The van der Waals surface area contributed by atoms with Crippen molar-refractivity contribution >= 4 is 45.7 Å². The highest BCUT2D eigenvalue weighted by Gasteiger charge is 2.35. The summed E-state index contributed by atoms with van der Waals surface area (Å²) < 4.78 is 0. The molecule has 3 aromatic rings. The summed E-state index contributed by atoms with van der Waals surface area (Å²) in [5.74, 6) is -0.417. The summed E-state index contributed by atoms with van der Waals surface area (Å²) in [5.41, 5.74) is 3.78. The van der Waals surface area contributed by atoms with E-state index in [0.29, 0.717) is 35.7 Å². The van der Waals surface area contributed by atoms with Crippen molar-refractivity contribution in [3.8, 4) is 0 Å². The third kappa shape index (κ3) is 5.02. The Morgan fingerprint density at radius 3 is 2.53 bits per heavy atom. The molecule has 2 amide bonds. The maximum absolute atomic E-state index is 13.1. The average molecular weight is 508 g/mol. The van der Waals surface area contributed by atoms with Crippen molar-refractivity contribution in [2.45, 2.75) is 12.8 Å². The van der Waals surface area contributed by atoms with E-state index in [-0.39, 0.29) is 18.4 Å². The van der Waals surface area contributed by atoms with Crippen LogP contribution in [0, 0.1) is 0 Å². The van der Waals surface area contributed by atoms with Gasteiger partial charge in [-0.1, -0.05) is 11.6 Å².